The summed E-state index contributed by atoms with van der Waals surface area (Å²) in [5.74, 6) is -0.100. The lowest BCUT2D eigenvalue weighted by molar-refractivity contribution is -0.120. The Balaban J connectivity index is 1.55. The summed E-state index contributed by atoms with van der Waals surface area (Å²) < 4.78 is 5.13. The summed E-state index contributed by atoms with van der Waals surface area (Å²) in [5, 5.41) is 7.26. The minimum atomic E-state index is -0.551. The van der Waals surface area contributed by atoms with Gasteiger partial charge in [-0.25, -0.2) is 4.98 Å². The number of hydrogen-bond acceptors (Lipinski definition) is 6. The summed E-state index contributed by atoms with van der Waals surface area (Å²) in [5.41, 5.74) is 0.0451. The maximum absolute atomic E-state index is 12.0. The largest absolute Gasteiger partial charge is 0.467 e. The molecule has 0 unspecified atom stereocenters. The molecular formula is C16H14N4O4S. The third-order valence-corrected chi connectivity index (χ3v) is 4.02. The number of rotatable bonds is 6. The van der Waals surface area contributed by atoms with Crippen LogP contribution in [0.3, 0.4) is 0 Å². The van der Waals surface area contributed by atoms with Gasteiger partial charge >= 0.3 is 0 Å². The molecular weight excluding hydrogens is 344 g/mol. The Bertz CT molecular complexity index is 930. The third kappa shape index (κ3) is 4.42. The van der Waals surface area contributed by atoms with Gasteiger partial charge < -0.3 is 14.7 Å². The van der Waals surface area contributed by atoms with Crippen LogP contribution in [0, 0.1) is 0 Å². The van der Waals surface area contributed by atoms with Crippen LogP contribution in [0.15, 0.2) is 51.3 Å². The average molecular weight is 358 g/mol. The quantitative estimate of drug-likeness (QED) is 0.618. The molecule has 0 saturated carbocycles. The minimum absolute atomic E-state index is 0.00422. The molecule has 9 heteroatoms. The molecule has 128 valence electrons. The molecule has 8 nitrogen and oxygen atoms in total. The van der Waals surface area contributed by atoms with Crippen LogP contribution < -0.4 is 16.2 Å². The van der Waals surface area contributed by atoms with Crippen LogP contribution in [-0.2, 0) is 17.8 Å². The summed E-state index contributed by atoms with van der Waals surface area (Å²) in [7, 11) is 0. The zero-order chi connectivity index (χ0) is 17.6. The van der Waals surface area contributed by atoms with Crippen LogP contribution in [0.25, 0.3) is 0 Å². The van der Waals surface area contributed by atoms with E-state index in [1.54, 1.807) is 23.6 Å². The van der Waals surface area contributed by atoms with Gasteiger partial charge in [0.15, 0.2) is 5.13 Å². The Kier molecular flexibility index (Phi) is 5.05. The normalized spacial score (nSPS) is 10.4. The van der Waals surface area contributed by atoms with Crippen molar-refractivity contribution in [2.24, 2.45) is 0 Å². The fourth-order valence-corrected chi connectivity index (χ4v) is 2.74. The molecule has 0 saturated heterocycles. The highest BCUT2D eigenvalue weighted by atomic mass is 32.1. The van der Waals surface area contributed by atoms with Gasteiger partial charge in [-0.2, -0.15) is 0 Å². The Morgan fingerprint density at radius 3 is 2.92 bits per heavy atom. The van der Waals surface area contributed by atoms with E-state index in [4.69, 9.17) is 4.42 Å². The Labute approximate surface area is 145 Å². The number of aromatic nitrogens is 2. The molecule has 0 aromatic carbocycles. The lowest BCUT2D eigenvalue weighted by atomic mass is 10.2. The molecule has 2 amide bonds. The summed E-state index contributed by atoms with van der Waals surface area (Å²) in [4.78, 5) is 42.1. The highest BCUT2D eigenvalue weighted by Crippen LogP contribution is 2.16. The van der Waals surface area contributed by atoms with Crippen molar-refractivity contribution in [2.45, 2.75) is 13.0 Å². The number of carbonyl (C=O) groups excluding carboxylic acids is 2. The fraction of sp³-hybridized carbons (Fsp3) is 0.125. The first-order valence-electron chi connectivity index (χ1n) is 7.34. The van der Waals surface area contributed by atoms with E-state index in [0.717, 1.165) is 0 Å². The molecule has 0 bridgehead atoms. The highest BCUT2D eigenvalue weighted by Gasteiger charge is 2.13. The number of hydrogen-bond donors (Lipinski definition) is 3. The van der Waals surface area contributed by atoms with Crippen LogP contribution in [0.4, 0.5) is 5.13 Å². The zero-order valence-electron chi connectivity index (χ0n) is 12.9. The van der Waals surface area contributed by atoms with Gasteiger partial charge in [0.1, 0.15) is 11.3 Å². The van der Waals surface area contributed by atoms with Crippen molar-refractivity contribution in [3.05, 3.63) is 69.5 Å². The lowest BCUT2D eigenvalue weighted by Crippen LogP contribution is -2.24. The Hall–Kier alpha value is -3.20. The molecule has 0 aliphatic heterocycles. The van der Waals surface area contributed by atoms with E-state index < -0.39 is 11.5 Å². The van der Waals surface area contributed by atoms with Gasteiger partial charge in [-0.3, -0.25) is 19.7 Å². The number of pyridine rings is 1. The van der Waals surface area contributed by atoms with Crippen molar-refractivity contribution in [1.82, 2.24) is 15.3 Å². The van der Waals surface area contributed by atoms with Crippen molar-refractivity contribution < 1.29 is 14.0 Å². The topological polar surface area (TPSA) is 117 Å². The Morgan fingerprint density at radius 2 is 2.16 bits per heavy atom. The molecule has 0 spiro atoms. The van der Waals surface area contributed by atoms with E-state index in [1.165, 1.54) is 29.9 Å². The zero-order valence-corrected chi connectivity index (χ0v) is 13.8. The number of anilines is 1. The van der Waals surface area contributed by atoms with Gasteiger partial charge in [-0.15, -0.1) is 11.3 Å². The summed E-state index contributed by atoms with van der Waals surface area (Å²) in [6.07, 6.45) is 3.07. The van der Waals surface area contributed by atoms with E-state index in [-0.39, 0.29) is 17.9 Å². The number of nitrogens with zero attached hydrogens (tertiary/aromatic N) is 1. The predicted molar refractivity (Wildman–Crippen MR) is 91.4 cm³/mol. The summed E-state index contributed by atoms with van der Waals surface area (Å²) in [6, 6.07) is 6.49. The third-order valence-electron chi connectivity index (χ3n) is 3.22. The maximum atomic E-state index is 12.0. The van der Waals surface area contributed by atoms with E-state index in [1.807, 2.05) is 0 Å². The number of H-pyrrole nitrogens is 1. The number of nitrogens with one attached hydrogen (secondary N) is 3. The first-order chi connectivity index (χ1) is 12.1. The molecule has 3 heterocycles. The second-order valence-corrected chi connectivity index (χ2v) is 5.90. The number of amides is 2. The van der Waals surface area contributed by atoms with Crippen molar-refractivity contribution >= 4 is 28.3 Å². The van der Waals surface area contributed by atoms with Crippen LogP contribution in [0.2, 0.25) is 0 Å². The SMILES string of the molecule is O=C(Cc1csc(NC(=O)c2ccc[nH]c2=O)n1)NCc1ccco1. The number of thiazole rings is 1. The molecule has 3 rings (SSSR count). The molecule has 0 atom stereocenters. The molecule has 25 heavy (non-hydrogen) atoms. The molecule has 3 aromatic rings. The summed E-state index contributed by atoms with van der Waals surface area (Å²) in [6.45, 7) is 0.302. The van der Waals surface area contributed by atoms with Gasteiger partial charge in [0.25, 0.3) is 11.5 Å². The molecule has 0 radical (unpaired) electrons. The Morgan fingerprint density at radius 1 is 1.28 bits per heavy atom. The van der Waals surface area contributed by atoms with Gasteiger partial charge in [-0.1, -0.05) is 0 Å². The first-order valence-corrected chi connectivity index (χ1v) is 8.22. The van der Waals surface area contributed by atoms with Crippen molar-refractivity contribution in [2.75, 3.05) is 5.32 Å². The van der Waals surface area contributed by atoms with Crippen molar-refractivity contribution in [1.29, 1.82) is 0 Å². The second kappa shape index (κ2) is 7.58. The van der Waals surface area contributed by atoms with Crippen LogP contribution in [0.1, 0.15) is 21.8 Å². The van der Waals surface area contributed by atoms with Crippen molar-refractivity contribution in [3.8, 4) is 0 Å². The predicted octanol–water partition coefficient (Wildman–Crippen LogP) is 1.54. The van der Waals surface area contributed by atoms with Gasteiger partial charge in [-0.05, 0) is 24.3 Å². The van der Waals surface area contributed by atoms with E-state index in [9.17, 15) is 14.4 Å². The number of furan rings is 1. The molecule has 0 fully saturated rings. The molecule has 0 aliphatic carbocycles. The van der Waals surface area contributed by atoms with Crippen LogP contribution in [-0.4, -0.2) is 21.8 Å². The van der Waals surface area contributed by atoms with Crippen molar-refractivity contribution in [3.63, 3.8) is 0 Å². The average Bonchev–Trinajstić information content (AvgIpc) is 3.25. The highest BCUT2D eigenvalue weighted by molar-refractivity contribution is 7.14. The summed E-state index contributed by atoms with van der Waals surface area (Å²) >= 11 is 1.18. The standard InChI is InChI=1S/C16H14N4O4S/c21-13(18-8-11-3-2-6-24-11)7-10-9-25-16(19-10)20-15(23)12-4-1-5-17-14(12)22/h1-6,9H,7-8H2,(H,17,22)(H,18,21)(H,19,20,23). The maximum Gasteiger partial charge on any atom is 0.263 e. The van der Waals surface area contributed by atoms with Crippen LogP contribution >= 0.6 is 11.3 Å². The van der Waals surface area contributed by atoms with Crippen LogP contribution in [0.5, 0.6) is 0 Å². The first kappa shape index (κ1) is 16.7. The van der Waals surface area contributed by atoms with E-state index >= 15 is 0 Å². The van der Waals surface area contributed by atoms with Gasteiger partial charge in [0.05, 0.1) is 24.9 Å². The molecule has 0 aliphatic rings. The fourth-order valence-electron chi connectivity index (χ4n) is 2.04. The molecule has 3 N–H and O–H groups in total. The number of aromatic amines is 1. The number of carbonyl (C=O) groups is 2. The minimum Gasteiger partial charge on any atom is -0.467 e. The lowest BCUT2D eigenvalue weighted by Gasteiger charge is -2.01. The van der Waals surface area contributed by atoms with E-state index in [0.29, 0.717) is 23.1 Å². The second-order valence-electron chi connectivity index (χ2n) is 5.04. The smallest absolute Gasteiger partial charge is 0.263 e. The monoisotopic (exact) mass is 358 g/mol. The van der Waals surface area contributed by atoms with Gasteiger partial charge in [0, 0.05) is 11.6 Å². The van der Waals surface area contributed by atoms with E-state index in [2.05, 4.69) is 20.6 Å². The van der Waals surface area contributed by atoms with Gasteiger partial charge in [0.2, 0.25) is 5.91 Å². The molecule has 3 aromatic heterocycles.